The van der Waals surface area contributed by atoms with Crippen LogP contribution in [0.15, 0.2) is 40.1 Å². The number of amides is 1. The Bertz CT molecular complexity index is 844. The van der Waals surface area contributed by atoms with Crippen molar-refractivity contribution >= 4 is 17.6 Å². The summed E-state index contributed by atoms with van der Waals surface area (Å²) in [5.41, 5.74) is 1.21. The number of halogens is 1. The first-order chi connectivity index (χ1) is 13.5. The van der Waals surface area contributed by atoms with Crippen molar-refractivity contribution in [2.24, 2.45) is 4.99 Å². The maximum absolute atomic E-state index is 15.2. The van der Waals surface area contributed by atoms with Gasteiger partial charge in [-0.3, -0.25) is 14.7 Å². The number of rotatable bonds is 3. The standard InChI is InChI=1S/C20H24FN3O4/c1-4-13-14-9-28-18-15-11(7-6-10(3)22-15)8-12(21)17(18)24(14)19(25)16(23-13)20(26)27-5-2/h8-10,13,15,18,22H,4-7H2,1-3H3. The Balaban J connectivity index is 1.79. The summed E-state index contributed by atoms with van der Waals surface area (Å²) in [4.78, 5) is 30.9. The van der Waals surface area contributed by atoms with E-state index in [0.29, 0.717) is 12.1 Å². The molecule has 1 amide bonds. The second-order valence-electron chi connectivity index (χ2n) is 7.40. The van der Waals surface area contributed by atoms with Crippen molar-refractivity contribution in [1.29, 1.82) is 0 Å². The molecule has 4 atom stereocenters. The molecular weight excluding hydrogens is 365 g/mol. The van der Waals surface area contributed by atoms with Gasteiger partial charge in [-0.2, -0.15) is 0 Å². The number of allylic oxidation sites excluding steroid dienone is 2. The lowest BCUT2D eigenvalue weighted by atomic mass is 9.83. The molecule has 4 rings (SSSR count). The number of fused-ring (bicyclic) bond motifs is 5. The normalized spacial score (nSPS) is 31.6. The van der Waals surface area contributed by atoms with Crippen LogP contribution < -0.4 is 5.32 Å². The van der Waals surface area contributed by atoms with Crippen molar-refractivity contribution in [3.63, 3.8) is 0 Å². The third-order valence-corrected chi connectivity index (χ3v) is 5.58. The van der Waals surface area contributed by atoms with Gasteiger partial charge in [0.25, 0.3) is 5.91 Å². The van der Waals surface area contributed by atoms with Crippen molar-refractivity contribution in [3.8, 4) is 0 Å². The fourth-order valence-electron chi connectivity index (χ4n) is 4.20. The first-order valence-electron chi connectivity index (χ1n) is 9.77. The summed E-state index contributed by atoms with van der Waals surface area (Å²) < 4.78 is 26.1. The summed E-state index contributed by atoms with van der Waals surface area (Å²) in [6.07, 6.45) is 4.53. The Labute approximate surface area is 163 Å². The van der Waals surface area contributed by atoms with E-state index >= 15 is 4.39 Å². The van der Waals surface area contributed by atoms with Crippen LogP contribution in [-0.2, 0) is 19.1 Å². The highest BCUT2D eigenvalue weighted by atomic mass is 19.1. The van der Waals surface area contributed by atoms with Gasteiger partial charge in [-0.05, 0) is 44.8 Å². The maximum atomic E-state index is 15.2. The lowest BCUT2D eigenvalue weighted by molar-refractivity contribution is -0.137. The quantitative estimate of drug-likeness (QED) is 0.748. The molecule has 0 radical (unpaired) electrons. The van der Waals surface area contributed by atoms with Gasteiger partial charge in [0, 0.05) is 6.04 Å². The summed E-state index contributed by atoms with van der Waals surface area (Å²) in [5.74, 6) is -1.97. The average Bonchev–Trinajstić information content (AvgIpc) is 2.68. The molecule has 0 aromatic rings. The van der Waals surface area contributed by atoms with Crippen LogP contribution in [0, 0.1) is 0 Å². The number of ether oxygens (including phenoxy) is 2. The smallest absolute Gasteiger partial charge is 0.362 e. The van der Waals surface area contributed by atoms with Crippen LogP contribution in [0.3, 0.4) is 0 Å². The number of hydrogen-bond acceptors (Lipinski definition) is 6. The van der Waals surface area contributed by atoms with Gasteiger partial charge >= 0.3 is 5.97 Å². The third kappa shape index (κ3) is 2.87. The van der Waals surface area contributed by atoms with Crippen molar-refractivity contribution in [2.45, 2.75) is 64.3 Å². The number of carbonyl (C=O) groups is 2. The number of nitrogens with zero attached hydrogens (tertiary/aromatic N) is 2. The average molecular weight is 389 g/mol. The fraction of sp³-hybridized carbons (Fsp3) is 0.550. The van der Waals surface area contributed by atoms with Crippen LogP contribution in [0.4, 0.5) is 4.39 Å². The van der Waals surface area contributed by atoms with Crippen LogP contribution in [0.1, 0.15) is 40.0 Å². The van der Waals surface area contributed by atoms with Gasteiger partial charge in [-0.25, -0.2) is 9.18 Å². The number of piperidine rings is 1. The molecule has 1 N–H and O–H groups in total. The van der Waals surface area contributed by atoms with E-state index in [1.807, 2.05) is 6.92 Å². The molecular formula is C20H24FN3O4. The molecule has 3 heterocycles. The van der Waals surface area contributed by atoms with Crippen LogP contribution in [0.25, 0.3) is 0 Å². The Morgan fingerprint density at radius 1 is 1.46 bits per heavy atom. The number of hydrogen-bond donors (Lipinski definition) is 1. The molecule has 0 aromatic carbocycles. The molecule has 0 aromatic heterocycles. The predicted molar refractivity (Wildman–Crippen MR) is 99.8 cm³/mol. The summed E-state index contributed by atoms with van der Waals surface area (Å²) in [6, 6.07) is -0.438. The van der Waals surface area contributed by atoms with E-state index in [2.05, 4.69) is 17.2 Å². The maximum Gasteiger partial charge on any atom is 0.362 e. The molecule has 0 saturated carbocycles. The first kappa shape index (κ1) is 18.9. The van der Waals surface area contributed by atoms with Crippen LogP contribution >= 0.6 is 0 Å². The minimum Gasteiger partial charge on any atom is -0.488 e. The minimum absolute atomic E-state index is 0.128. The van der Waals surface area contributed by atoms with E-state index in [0.717, 1.165) is 18.4 Å². The van der Waals surface area contributed by atoms with Crippen LogP contribution in [-0.4, -0.2) is 53.3 Å². The highest BCUT2D eigenvalue weighted by Crippen LogP contribution is 2.41. The van der Waals surface area contributed by atoms with Gasteiger partial charge in [0.2, 0.25) is 5.71 Å². The van der Waals surface area contributed by atoms with E-state index in [1.165, 1.54) is 17.2 Å². The van der Waals surface area contributed by atoms with E-state index in [9.17, 15) is 9.59 Å². The highest BCUT2D eigenvalue weighted by molar-refractivity contribution is 6.64. The van der Waals surface area contributed by atoms with Crippen molar-refractivity contribution in [3.05, 3.63) is 35.1 Å². The lowest BCUT2D eigenvalue weighted by Crippen LogP contribution is -2.58. The number of aliphatic imine (C=N–C) groups is 1. The summed E-state index contributed by atoms with van der Waals surface area (Å²) in [7, 11) is 0. The van der Waals surface area contributed by atoms with Gasteiger partial charge in [-0.1, -0.05) is 6.92 Å². The Kier molecular flexibility index (Phi) is 4.82. The molecule has 3 aliphatic heterocycles. The molecule has 4 unspecified atom stereocenters. The van der Waals surface area contributed by atoms with Crippen LogP contribution in [0.2, 0.25) is 0 Å². The predicted octanol–water partition coefficient (Wildman–Crippen LogP) is 2.11. The van der Waals surface area contributed by atoms with Gasteiger partial charge < -0.3 is 14.8 Å². The summed E-state index contributed by atoms with van der Waals surface area (Å²) in [5, 5.41) is 3.44. The van der Waals surface area contributed by atoms with E-state index in [1.54, 1.807) is 6.92 Å². The molecule has 1 aliphatic carbocycles. The molecule has 7 nitrogen and oxygen atoms in total. The number of nitrogens with one attached hydrogen (secondary N) is 1. The second-order valence-corrected chi connectivity index (χ2v) is 7.40. The van der Waals surface area contributed by atoms with Crippen LogP contribution in [0.5, 0.6) is 0 Å². The number of carbonyl (C=O) groups excluding carboxylic acids is 2. The van der Waals surface area contributed by atoms with Crippen molar-refractivity contribution in [2.75, 3.05) is 6.61 Å². The van der Waals surface area contributed by atoms with Crippen molar-refractivity contribution < 1.29 is 23.5 Å². The number of esters is 1. The largest absolute Gasteiger partial charge is 0.488 e. The molecule has 1 saturated heterocycles. The fourth-order valence-corrected chi connectivity index (χ4v) is 4.20. The van der Waals surface area contributed by atoms with E-state index < -0.39 is 29.8 Å². The Morgan fingerprint density at radius 3 is 2.96 bits per heavy atom. The highest BCUT2D eigenvalue weighted by Gasteiger charge is 2.49. The zero-order chi connectivity index (χ0) is 20.0. The Hall–Kier alpha value is -2.48. The minimum atomic E-state index is -0.787. The molecule has 4 aliphatic rings. The lowest BCUT2D eigenvalue weighted by Gasteiger charge is -2.46. The molecule has 8 heteroatoms. The topological polar surface area (TPSA) is 80.2 Å². The van der Waals surface area contributed by atoms with E-state index in [4.69, 9.17) is 9.47 Å². The second kappa shape index (κ2) is 7.16. The third-order valence-electron chi connectivity index (χ3n) is 5.58. The Morgan fingerprint density at radius 2 is 2.25 bits per heavy atom. The van der Waals surface area contributed by atoms with Gasteiger partial charge in [0.15, 0.2) is 6.10 Å². The zero-order valence-corrected chi connectivity index (χ0v) is 16.2. The SMILES string of the molecule is CCOC(=O)C1=NC(CC)C2=COC3C(=C(F)C=C4CCC(C)NC43)N2C1=O. The first-order valence-corrected chi connectivity index (χ1v) is 9.77. The van der Waals surface area contributed by atoms with Gasteiger partial charge in [0.05, 0.1) is 24.4 Å². The zero-order valence-electron chi connectivity index (χ0n) is 16.2. The molecule has 0 bridgehead atoms. The van der Waals surface area contributed by atoms with Crippen molar-refractivity contribution in [1.82, 2.24) is 10.2 Å². The monoisotopic (exact) mass is 389 g/mol. The van der Waals surface area contributed by atoms with E-state index in [-0.39, 0.29) is 30.1 Å². The molecule has 0 spiro atoms. The molecule has 150 valence electrons. The molecule has 28 heavy (non-hydrogen) atoms. The van der Waals surface area contributed by atoms with Gasteiger partial charge in [-0.15, -0.1) is 0 Å². The summed E-state index contributed by atoms with van der Waals surface area (Å²) in [6.45, 7) is 5.74. The van der Waals surface area contributed by atoms with Gasteiger partial charge in [0.1, 0.15) is 17.8 Å². The molecule has 1 fully saturated rings. The summed E-state index contributed by atoms with van der Waals surface area (Å²) >= 11 is 0.